The summed E-state index contributed by atoms with van der Waals surface area (Å²) in [4.78, 5) is -0.282. The summed E-state index contributed by atoms with van der Waals surface area (Å²) in [5.41, 5.74) is 5.96. The largest absolute Gasteiger partial charge is 0.326 e. The van der Waals surface area contributed by atoms with Gasteiger partial charge >= 0.3 is 0 Å². The van der Waals surface area contributed by atoms with E-state index in [1.165, 1.54) is 22.5 Å². The van der Waals surface area contributed by atoms with Crippen molar-refractivity contribution in [3.05, 3.63) is 41.7 Å². The highest BCUT2D eigenvalue weighted by molar-refractivity contribution is 7.89. The average molecular weight is 270 g/mol. The first-order valence-corrected chi connectivity index (χ1v) is 7.13. The van der Waals surface area contributed by atoms with Gasteiger partial charge in [0.15, 0.2) is 0 Å². The van der Waals surface area contributed by atoms with E-state index >= 15 is 0 Å². The lowest BCUT2D eigenvalue weighted by atomic mass is 10.2. The first-order chi connectivity index (χ1) is 8.55. The summed E-state index contributed by atoms with van der Waals surface area (Å²) in [7, 11) is -3.75. The molecule has 0 spiro atoms. The molecule has 0 radical (unpaired) electrons. The quantitative estimate of drug-likeness (QED) is 0.840. The molecule has 2 rings (SSSR count). The van der Waals surface area contributed by atoms with Gasteiger partial charge in [-0.1, -0.05) is 18.2 Å². The van der Waals surface area contributed by atoms with E-state index in [1.54, 1.807) is 6.08 Å². The molecule has 0 aliphatic carbocycles. The van der Waals surface area contributed by atoms with Gasteiger partial charge in [0.05, 0.1) is 0 Å². The highest BCUT2D eigenvalue weighted by Gasteiger charge is 2.27. The Kier molecular flexibility index (Phi) is 3.79. The van der Waals surface area contributed by atoms with Crippen LogP contribution in [0.5, 0.6) is 0 Å². The Bertz CT molecular complexity index is 569. The minimum atomic E-state index is -3.75. The number of hydrogen-bond acceptors (Lipinski definition) is 3. The molecule has 0 amide bonds. The molecule has 6 heteroatoms. The van der Waals surface area contributed by atoms with Crippen LogP contribution in [-0.2, 0) is 16.6 Å². The molecule has 0 atom stereocenters. The molecule has 2 N–H and O–H groups in total. The van der Waals surface area contributed by atoms with Crippen molar-refractivity contribution in [3.8, 4) is 0 Å². The molecule has 0 saturated heterocycles. The van der Waals surface area contributed by atoms with Crippen molar-refractivity contribution in [2.45, 2.75) is 17.9 Å². The molecule has 98 valence electrons. The Hall–Kier alpha value is -1.24. The summed E-state index contributed by atoms with van der Waals surface area (Å²) in [6.45, 7) is 0.862. The van der Waals surface area contributed by atoms with Gasteiger partial charge in [-0.05, 0) is 24.1 Å². The Morgan fingerprint density at radius 1 is 1.33 bits per heavy atom. The summed E-state index contributed by atoms with van der Waals surface area (Å²) in [5, 5.41) is 0. The molecule has 0 saturated carbocycles. The van der Waals surface area contributed by atoms with E-state index in [-0.39, 0.29) is 11.4 Å². The lowest BCUT2D eigenvalue weighted by Crippen LogP contribution is -2.34. The molecular formula is C12H15FN2O2S. The third-order valence-electron chi connectivity index (χ3n) is 2.87. The third-order valence-corrected chi connectivity index (χ3v) is 4.77. The van der Waals surface area contributed by atoms with Crippen LogP contribution in [0.25, 0.3) is 0 Å². The van der Waals surface area contributed by atoms with Crippen molar-refractivity contribution in [1.29, 1.82) is 0 Å². The first-order valence-electron chi connectivity index (χ1n) is 5.69. The number of nitrogens with zero attached hydrogens (tertiary/aromatic N) is 1. The van der Waals surface area contributed by atoms with Crippen molar-refractivity contribution in [3.63, 3.8) is 0 Å². The van der Waals surface area contributed by atoms with E-state index in [2.05, 4.69) is 0 Å². The van der Waals surface area contributed by atoms with Gasteiger partial charge in [0.2, 0.25) is 10.0 Å². The van der Waals surface area contributed by atoms with Crippen LogP contribution in [-0.4, -0.2) is 25.8 Å². The summed E-state index contributed by atoms with van der Waals surface area (Å²) in [5.74, 6) is -0.743. The third kappa shape index (κ3) is 2.45. The summed E-state index contributed by atoms with van der Waals surface area (Å²) >= 11 is 0. The Balaban J connectivity index is 2.38. The van der Waals surface area contributed by atoms with Gasteiger partial charge in [-0.2, -0.15) is 4.31 Å². The van der Waals surface area contributed by atoms with Gasteiger partial charge < -0.3 is 5.73 Å². The molecular weight excluding hydrogens is 255 g/mol. The predicted molar refractivity (Wildman–Crippen MR) is 66.8 cm³/mol. The predicted octanol–water partition coefficient (Wildman–Crippen LogP) is 1.24. The van der Waals surface area contributed by atoms with Gasteiger partial charge in [0.25, 0.3) is 0 Å². The molecule has 18 heavy (non-hydrogen) atoms. The van der Waals surface area contributed by atoms with Crippen LogP contribution in [0.4, 0.5) is 4.39 Å². The van der Waals surface area contributed by atoms with Crippen molar-refractivity contribution in [1.82, 2.24) is 4.31 Å². The molecule has 1 aliphatic rings. The second kappa shape index (κ2) is 5.17. The minimum absolute atomic E-state index is 0.184. The van der Waals surface area contributed by atoms with E-state index in [0.717, 1.165) is 0 Å². The van der Waals surface area contributed by atoms with Gasteiger partial charge in [-0.3, -0.25) is 0 Å². The Morgan fingerprint density at radius 2 is 2.11 bits per heavy atom. The fourth-order valence-corrected chi connectivity index (χ4v) is 3.31. The second-order valence-electron chi connectivity index (χ2n) is 4.09. The zero-order valence-electron chi connectivity index (χ0n) is 9.84. The monoisotopic (exact) mass is 270 g/mol. The van der Waals surface area contributed by atoms with Crippen molar-refractivity contribution < 1.29 is 12.8 Å². The fourth-order valence-electron chi connectivity index (χ4n) is 1.86. The minimum Gasteiger partial charge on any atom is -0.326 e. The van der Waals surface area contributed by atoms with Gasteiger partial charge in [0, 0.05) is 19.6 Å². The maximum absolute atomic E-state index is 13.8. The lowest BCUT2D eigenvalue weighted by molar-refractivity contribution is 0.432. The van der Waals surface area contributed by atoms with Crippen LogP contribution in [0.1, 0.15) is 12.0 Å². The van der Waals surface area contributed by atoms with E-state index in [0.29, 0.717) is 25.1 Å². The topological polar surface area (TPSA) is 63.4 Å². The van der Waals surface area contributed by atoms with E-state index < -0.39 is 15.8 Å². The number of nitrogens with two attached hydrogens (primary N) is 1. The van der Waals surface area contributed by atoms with Crippen molar-refractivity contribution in [2.75, 3.05) is 13.1 Å². The molecule has 0 aromatic heterocycles. The molecule has 1 heterocycles. The van der Waals surface area contributed by atoms with Crippen molar-refractivity contribution >= 4 is 10.0 Å². The number of benzene rings is 1. The normalized spacial score (nSPS) is 17.0. The van der Waals surface area contributed by atoms with Crippen LogP contribution < -0.4 is 5.73 Å². The number of hydrogen-bond donors (Lipinski definition) is 1. The molecule has 0 fully saturated rings. The van der Waals surface area contributed by atoms with E-state index in [4.69, 9.17) is 5.73 Å². The smallest absolute Gasteiger partial charge is 0.246 e. The Morgan fingerprint density at radius 3 is 2.67 bits per heavy atom. The number of sulfonamides is 1. The highest BCUT2D eigenvalue weighted by Crippen LogP contribution is 2.21. The molecule has 4 nitrogen and oxygen atoms in total. The summed E-state index contributed by atoms with van der Waals surface area (Å²) in [6, 6.07) is 3.99. The first kappa shape index (κ1) is 13.2. The SMILES string of the molecule is NCc1ccc(S(=O)(=O)N2CC=CCC2)c(F)c1. The summed E-state index contributed by atoms with van der Waals surface area (Å²) < 4.78 is 39.5. The second-order valence-corrected chi connectivity index (χ2v) is 6.00. The molecule has 1 aliphatic heterocycles. The van der Waals surface area contributed by atoms with E-state index in [9.17, 15) is 12.8 Å². The average Bonchev–Trinajstić information content (AvgIpc) is 2.39. The summed E-state index contributed by atoms with van der Waals surface area (Å²) in [6.07, 6.45) is 4.34. The van der Waals surface area contributed by atoms with Crippen LogP contribution >= 0.6 is 0 Å². The van der Waals surface area contributed by atoms with Crippen LogP contribution in [0.15, 0.2) is 35.2 Å². The molecule has 1 aromatic rings. The van der Waals surface area contributed by atoms with Gasteiger partial charge in [-0.25, -0.2) is 12.8 Å². The molecule has 1 aromatic carbocycles. The molecule has 0 bridgehead atoms. The standard InChI is InChI=1S/C12H15FN2O2S/c13-11-8-10(9-14)4-5-12(11)18(16,17)15-6-2-1-3-7-15/h1-2,4-5,8H,3,6-7,9,14H2. The zero-order chi connectivity index (χ0) is 13.2. The van der Waals surface area contributed by atoms with Crippen molar-refractivity contribution in [2.24, 2.45) is 5.73 Å². The molecule has 0 unspecified atom stereocenters. The zero-order valence-corrected chi connectivity index (χ0v) is 10.7. The fraction of sp³-hybridized carbons (Fsp3) is 0.333. The lowest BCUT2D eigenvalue weighted by Gasteiger charge is -2.23. The van der Waals surface area contributed by atoms with Crippen LogP contribution in [0, 0.1) is 5.82 Å². The maximum atomic E-state index is 13.8. The number of rotatable bonds is 3. The maximum Gasteiger partial charge on any atom is 0.246 e. The van der Waals surface area contributed by atoms with Gasteiger partial charge in [-0.15, -0.1) is 0 Å². The van der Waals surface area contributed by atoms with Crippen LogP contribution in [0.2, 0.25) is 0 Å². The number of halogens is 1. The van der Waals surface area contributed by atoms with Gasteiger partial charge in [0.1, 0.15) is 10.7 Å². The Labute approximate surface area is 106 Å². The highest BCUT2D eigenvalue weighted by atomic mass is 32.2. The van der Waals surface area contributed by atoms with Crippen LogP contribution in [0.3, 0.4) is 0 Å². The van der Waals surface area contributed by atoms with E-state index in [1.807, 2.05) is 6.08 Å².